The molecule has 0 aliphatic carbocycles. The number of carboxylic acids is 1. The predicted molar refractivity (Wildman–Crippen MR) is 81.6 cm³/mol. The van der Waals surface area contributed by atoms with E-state index in [-0.39, 0.29) is 16.8 Å². The molecule has 0 radical (unpaired) electrons. The van der Waals surface area contributed by atoms with Gasteiger partial charge in [-0.05, 0) is 30.1 Å². The number of carbonyl (C=O) groups excluding carboxylic acids is 1. The number of hydrogen-bond acceptors (Lipinski definition) is 3. The molecule has 20 heavy (non-hydrogen) atoms. The van der Waals surface area contributed by atoms with Crippen LogP contribution in [0.3, 0.4) is 0 Å². The lowest BCUT2D eigenvalue weighted by Gasteiger charge is -2.16. The molecule has 0 rings (SSSR count). The highest BCUT2D eigenvalue weighted by molar-refractivity contribution is 5.66. The summed E-state index contributed by atoms with van der Waals surface area (Å²) in [6, 6.07) is 0. The standard InChI is InChI=1S/2C8H16O2/c1-7(9)10-6-5-8(2,3)4;1-8(2,3)6-4-5-7(9)10/h5-6H2,1-4H3;4-6H2,1-3H3,(H,9,10). The molecule has 0 heterocycles. The summed E-state index contributed by atoms with van der Waals surface area (Å²) in [5, 5.41) is 8.31. The summed E-state index contributed by atoms with van der Waals surface area (Å²) in [4.78, 5) is 20.4. The van der Waals surface area contributed by atoms with Crippen LogP contribution in [0.2, 0.25) is 0 Å². The highest BCUT2D eigenvalue weighted by atomic mass is 16.5. The van der Waals surface area contributed by atoms with Crippen LogP contribution in [0.1, 0.15) is 74.1 Å². The van der Waals surface area contributed by atoms with Gasteiger partial charge >= 0.3 is 11.9 Å². The van der Waals surface area contributed by atoms with Crippen LogP contribution in [0.4, 0.5) is 0 Å². The van der Waals surface area contributed by atoms with Gasteiger partial charge in [-0.1, -0.05) is 41.5 Å². The number of carboxylic acid groups (broad SMARTS) is 1. The Kier molecular flexibility index (Phi) is 10.4. The Hall–Kier alpha value is -1.06. The molecule has 4 nitrogen and oxygen atoms in total. The maximum absolute atomic E-state index is 10.3. The van der Waals surface area contributed by atoms with E-state index in [1.54, 1.807) is 0 Å². The van der Waals surface area contributed by atoms with Crippen LogP contribution in [0.15, 0.2) is 0 Å². The number of ether oxygens (including phenoxy) is 1. The Balaban J connectivity index is 0. The van der Waals surface area contributed by atoms with Crippen LogP contribution in [0.5, 0.6) is 0 Å². The third-order valence-electron chi connectivity index (χ3n) is 2.47. The van der Waals surface area contributed by atoms with Gasteiger partial charge in [-0.15, -0.1) is 0 Å². The molecule has 0 spiro atoms. The van der Waals surface area contributed by atoms with Gasteiger partial charge in [0.15, 0.2) is 0 Å². The Morgan fingerprint density at radius 3 is 1.70 bits per heavy atom. The van der Waals surface area contributed by atoms with Crippen molar-refractivity contribution in [2.75, 3.05) is 6.61 Å². The predicted octanol–water partition coefficient (Wildman–Crippen LogP) is 4.27. The second kappa shape index (κ2) is 9.78. The maximum Gasteiger partial charge on any atom is 0.303 e. The Labute approximate surface area is 123 Å². The molecular weight excluding hydrogens is 256 g/mol. The summed E-state index contributed by atoms with van der Waals surface area (Å²) in [5.74, 6) is -0.881. The van der Waals surface area contributed by atoms with Gasteiger partial charge in [0.1, 0.15) is 0 Å². The number of rotatable bonds is 5. The first kappa shape index (κ1) is 21.2. The lowest BCUT2D eigenvalue weighted by molar-refractivity contribution is -0.141. The molecule has 1 N–H and O–H groups in total. The minimum absolute atomic E-state index is 0.191. The Morgan fingerprint density at radius 1 is 0.950 bits per heavy atom. The molecule has 0 amide bonds. The summed E-state index contributed by atoms with van der Waals surface area (Å²) in [7, 11) is 0. The lowest BCUT2D eigenvalue weighted by Crippen LogP contribution is -2.11. The number of carbonyl (C=O) groups is 2. The van der Waals surface area contributed by atoms with Crippen molar-refractivity contribution in [3.63, 3.8) is 0 Å². The SMILES string of the molecule is CC(=O)OCCC(C)(C)C.CC(C)(C)CCCC(=O)O. The zero-order valence-electron chi connectivity index (χ0n) is 14.2. The first-order valence-electron chi connectivity index (χ1n) is 7.19. The molecule has 0 unspecified atom stereocenters. The van der Waals surface area contributed by atoms with Crippen molar-refractivity contribution in [1.82, 2.24) is 0 Å². The van der Waals surface area contributed by atoms with E-state index in [2.05, 4.69) is 41.5 Å². The second-order valence-electron chi connectivity index (χ2n) is 7.46. The monoisotopic (exact) mass is 288 g/mol. The molecule has 0 atom stereocenters. The van der Waals surface area contributed by atoms with E-state index in [1.165, 1.54) is 6.92 Å². The summed E-state index contributed by atoms with van der Waals surface area (Å²) in [5.41, 5.74) is 0.533. The minimum Gasteiger partial charge on any atom is -0.481 e. The van der Waals surface area contributed by atoms with Crippen molar-refractivity contribution >= 4 is 11.9 Å². The zero-order chi connectivity index (χ0) is 16.4. The molecule has 0 aromatic carbocycles. The second-order valence-corrected chi connectivity index (χ2v) is 7.46. The first-order chi connectivity index (χ1) is 8.83. The van der Waals surface area contributed by atoms with Gasteiger partial charge < -0.3 is 9.84 Å². The van der Waals surface area contributed by atoms with E-state index in [1.807, 2.05) is 0 Å². The van der Waals surface area contributed by atoms with Gasteiger partial charge in [0.25, 0.3) is 0 Å². The van der Waals surface area contributed by atoms with Gasteiger partial charge in [0.05, 0.1) is 6.61 Å². The van der Waals surface area contributed by atoms with E-state index >= 15 is 0 Å². The average Bonchev–Trinajstić information content (AvgIpc) is 2.12. The number of aliphatic carboxylic acids is 1. The zero-order valence-corrected chi connectivity index (χ0v) is 14.2. The normalized spacial score (nSPS) is 11.3. The summed E-state index contributed by atoms with van der Waals surface area (Å²) < 4.78 is 4.78. The van der Waals surface area contributed by atoms with E-state index in [4.69, 9.17) is 9.84 Å². The number of esters is 1. The van der Waals surface area contributed by atoms with E-state index in [9.17, 15) is 9.59 Å². The van der Waals surface area contributed by atoms with E-state index in [0.717, 1.165) is 19.3 Å². The summed E-state index contributed by atoms with van der Waals surface area (Å²) >= 11 is 0. The van der Waals surface area contributed by atoms with E-state index < -0.39 is 5.97 Å². The summed E-state index contributed by atoms with van der Waals surface area (Å²) in [6.07, 6.45) is 3.00. The van der Waals surface area contributed by atoms with Gasteiger partial charge in [-0.2, -0.15) is 0 Å². The van der Waals surface area contributed by atoms with Crippen LogP contribution >= 0.6 is 0 Å². The molecule has 0 aliphatic heterocycles. The highest BCUT2D eigenvalue weighted by Gasteiger charge is 2.10. The van der Waals surface area contributed by atoms with Crippen LogP contribution in [-0.2, 0) is 14.3 Å². The van der Waals surface area contributed by atoms with Gasteiger partial charge in [0, 0.05) is 13.3 Å². The van der Waals surface area contributed by atoms with Crippen molar-refractivity contribution in [2.45, 2.75) is 74.1 Å². The van der Waals surface area contributed by atoms with Gasteiger partial charge in [0.2, 0.25) is 0 Å². The van der Waals surface area contributed by atoms with Crippen molar-refractivity contribution in [2.24, 2.45) is 10.8 Å². The fourth-order valence-electron chi connectivity index (χ4n) is 1.27. The first-order valence-corrected chi connectivity index (χ1v) is 7.19. The third kappa shape index (κ3) is 25.7. The van der Waals surface area contributed by atoms with Crippen molar-refractivity contribution in [1.29, 1.82) is 0 Å². The maximum atomic E-state index is 10.3. The van der Waals surface area contributed by atoms with Crippen LogP contribution in [-0.4, -0.2) is 23.7 Å². The van der Waals surface area contributed by atoms with Gasteiger partial charge in [-0.3, -0.25) is 9.59 Å². The quantitative estimate of drug-likeness (QED) is 0.767. The molecule has 0 bridgehead atoms. The molecule has 0 aromatic heterocycles. The fourth-order valence-corrected chi connectivity index (χ4v) is 1.27. The molecule has 0 aliphatic rings. The molecule has 120 valence electrons. The third-order valence-corrected chi connectivity index (χ3v) is 2.47. The molecular formula is C16H32O4. The van der Waals surface area contributed by atoms with Crippen molar-refractivity contribution in [3.05, 3.63) is 0 Å². The Morgan fingerprint density at radius 2 is 1.40 bits per heavy atom. The molecule has 0 saturated carbocycles. The summed E-state index contributed by atoms with van der Waals surface area (Å²) in [6.45, 7) is 14.7. The van der Waals surface area contributed by atoms with Gasteiger partial charge in [-0.25, -0.2) is 0 Å². The number of hydrogen-bond donors (Lipinski definition) is 1. The molecule has 0 saturated heterocycles. The lowest BCUT2D eigenvalue weighted by atomic mass is 9.90. The smallest absolute Gasteiger partial charge is 0.303 e. The minimum atomic E-state index is -0.691. The highest BCUT2D eigenvalue weighted by Crippen LogP contribution is 2.21. The molecule has 0 aromatic rings. The van der Waals surface area contributed by atoms with Crippen molar-refractivity contribution < 1.29 is 19.4 Å². The largest absolute Gasteiger partial charge is 0.481 e. The molecule has 0 fully saturated rings. The van der Waals surface area contributed by atoms with Crippen LogP contribution < -0.4 is 0 Å². The van der Waals surface area contributed by atoms with E-state index in [0.29, 0.717) is 13.0 Å². The average molecular weight is 288 g/mol. The topological polar surface area (TPSA) is 63.6 Å². The molecule has 4 heteroatoms. The van der Waals surface area contributed by atoms with Crippen LogP contribution in [0, 0.1) is 10.8 Å². The van der Waals surface area contributed by atoms with Crippen LogP contribution in [0.25, 0.3) is 0 Å². The Bertz CT molecular complexity index is 252. The van der Waals surface area contributed by atoms with Crippen molar-refractivity contribution in [3.8, 4) is 0 Å². The fraction of sp³-hybridized carbons (Fsp3) is 0.875.